The first kappa shape index (κ1) is 15.3. The van der Waals surface area contributed by atoms with Gasteiger partial charge in [0.25, 0.3) is 0 Å². The standard InChI is InChI=1S/C16H26N2O2/c1-17-13-14-3-5-15(6-4-14)19-11-12-20-16-7-9-18(2)10-8-16/h3-6,16-17H,7-13H2,1-2H3. The Bertz CT molecular complexity index is 373. The van der Waals surface area contributed by atoms with E-state index in [1.54, 1.807) is 0 Å². The summed E-state index contributed by atoms with van der Waals surface area (Å²) in [5, 5.41) is 3.13. The van der Waals surface area contributed by atoms with E-state index >= 15 is 0 Å². The Hall–Kier alpha value is -1.10. The highest BCUT2D eigenvalue weighted by atomic mass is 16.5. The van der Waals surface area contributed by atoms with Crippen LogP contribution in [-0.4, -0.2) is 51.4 Å². The Morgan fingerprint density at radius 1 is 1.15 bits per heavy atom. The molecule has 4 nitrogen and oxygen atoms in total. The average molecular weight is 278 g/mol. The van der Waals surface area contributed by atoms with Gasteiger partial charge in [0.1, 0.15) is 12.4 Å². The van der Waals surface area contributed by atoms with Crippen molar-refractivity contribution < 1.29 is 9.47 Å². The van der Waals surface area contributed by atoms with Gasteiger partial charge in [-0.1, -0.05) is 12.1 Å². The zero-order chi connectivity index (χ0) is 14.2. The smallest absolute Gasteiger partial charge is 0.119 e. The van der Waals surface area contributed by atoms with Crippen molar-refractivity contribution >= 4 is 0 Å². The molecule has 1 heterocycles. The van der Waals surface area contributed by atoms with Gasteiger partial charge >= 0.3 is 0 Å². The highest BCUT2D eigenvalue weighted by molar-refractivity contribution is 5.27. The predicted molar refractivity (Wildman–Crippen MR) is 81.2 cm³/mol. The van der Waals surface area contributed by atoms with E-state index in [1.807, 2.05) is 19.2 Å². The maximum atomic E-state index is 5.85. The summed E-state index contributed by atoms with van der Waals surface area (Å²) < 4.78 is 11.5. The summed E-state index contributed by atoms with van der Waals surface area (Å²) in [7, 11) is 4.11. The summed E-state index contributed by atoms with van der Waals surface area (Å²) in [6.07, 6.45) is 2.68. The average Bonchev–Trinajstić information content (AvgIpc) is 2.47. The van der Waals surface area contributed by atoms with Crippen LogP contribution < -0.4 is 10.1 Å². The third kappa shape index (κ3) is 5.12. The molecule has 0 atom stereocenters. The van der Waals surface area contributed by atoms with Crippen LogP contribution in [0.3, 0.4) is 0 Å². The highest BCUT2D eigenvalue weighted by Crippen LogP contribution is 2.14. The summed E-state index contributed by atoms with van der Waals surface area (Å²) in [6.45, 7) is 4.46. The zero-order valence-corrected chi connectivity index (χ0v) is 12.6. The summed E-state index contributed by atoms with van der Waals surface area (Å²) in [6, 6.07) is 8.21. The molecular formula is C16H26N2O2. The zero-order valence-electron chi connectivity index (χ0n) is 12.6. The van der Waals surface area contributed by atoms with Gasteiger partial charge in [0, 0.05) is 19.6 Å². The molecule has 0 amide bonds. The Labute approximate surface area is 122 Å². The fraction of sp³-hybridized carbons (Fsp3) is 0.625. The lowest BCUT2D eigenvalue weighted by Crippen LogP contribution is -2.34. The van der Waals surface area contributed by atoms with Gasteiger partial charge < -0.3 is 19.7 Å². The number of piperidine rings is 1. The van der Waals surface area contributed by atoms with Crippen molar-refractivity contribution in [2.75, 3.05) is 40.4 Å². The van der Waals surface area contributed by atoms with E-state index in [0.717, 1.165) is 38.2 Å². The van der Waals surface area contributed by atoms with Crippen molar-refractivity contribution in [2.45, 2.75) is 25.5 Å². The molecule has 1 aromatic rings. The molecule has 0 radical (unpaired) electrons. The van der Waals surface area contributed by atoms with Crippen LogP contribution in [-0.2, 0) is 11.3 Å². The molecule has 1 saturated heterocycles. The molecule has 0 bridgehead atoms. The van der Waals surface area contributed by atoms with Crippen LogP contribution in [0.1, 0.15) is 18.4 Å². The molecule has 1 aliphatic rings. The monoisotopic (exact) mass is 278 g/mol. The van der Waals surface area contributed by atoms with Crippen LogP contribution in [0.5, 0.6) is 5.75 Å². The Kier molecular flexibility index (Phi) is 6.30. The normalized spacial score (nSPS) is 17.3. The molecule has 1 aromatic carbocycles. The van der Waals surface area contributed by atoms with E-state index < -0.39 is 0 Å². The summed E-state index contributed by atoms with van der Waals surface area (Å²) >= 11 is 0. The molecule has 2 rings (SSSR count). The van der Waals surface area contributed by atoms with Gasteiger partial charge in [-0.25, -0.2) is 0 Å². The van der Waals surface area contributed by atoms with Crippen LogP contribution in [0.2, 0.25) is 0 Å². The quantitative estimate of drug-likeness (QED) is 0.772. The molecule has 0 unspecified atom stereocenters. The van der Waals surface area contributed by atoms with Crippen LogP contribution in [0.15, 0.2) is 24.3 Å². The number of ether oxygens (including phenoxy) is 2. The van der Waals surface area contributed by atoms with Crippen LogP contribution in [0, 0.1) is 0 Å². The lowest BCUT2D eigenvalue weighted by Gasteiger charge is -2.28. The third-order valence-corrected chi connectivity index (χ3v) is 3.68. The molecule has 0 aliphatic carbocycles. The first-order valence-electron chi connectivity index (χ1n) is 7.44. The van der Waals surface area contributed by atoms with Gasteiger partial charge in [-0.15, -0.1) is 0 Å². The van der Waals surface area contributed by atoms with Gasteiger partial charge in [0.2, 0.25) is 0 Å². The molecular weight excluding hydrogens is 252 g/mol. The van der Waals surface area contributed by atoms with E-state index in [4.69, 9.17) is 9.47 Å². The fourth-order valence-corrected chi connectivity index (χ4v) is 2.43. The van der Waals surface area contributed by atoms with Crippen molar-refractivity contribution in [1.29, 1.82) is 0 Å². The van der Waals surface area contributed by atoms with Crippen LogP contribution >= 0.6 is 0 Å². The minimum atomic E-state index is 0.410. The van der Waals surface area contributed by atoms with Gasteiger partial charge in [0.15, 0.2) is 0 Å². The Balaban J connectivity index is 1.60. The van der Waals surface area contributed by atoms with Gasteiger partial charge in [0.05, 0.1) is 12.7 Å². The summed E-state index contributed by atoms with van der Waals surface area (Å²) in [5.41, 5.74) is 1.27. The first-order valence-corrected chi connectivity index (χ1v) is 7.44. The second-order valence-corrected chi connectivity index (χ2v) is 5.40. The molecule has 112 valence electrons. The number of nitrogens with zero attached hydrogens (tertiary/aromatic N) is 1. The van der Waals surface area contributed by atoms with Crippen LogP contribution in [0.4, 0.5) is 0 Å². The van der Waals surface area contributed by atoms with Crippen molar-refractivity contribution in [3.8, 4) is 5.75 Å². The minimum absolute atomic E-state index is 0.410. The van der Waals surface area contributed by atoms with Crippen molar-refractivity contribution in [1.82, 2.24) is 10.2 Å². The Morgan fingerprint density at radius 3 is 2.50 bits per heavy atom. The van der Waals surface area contributed by atoms with Gasteiger partial charge in [-0.05, 0) is 44.6 Å². The number of hydrogen-bond acceptors (Lipinski definition) is 4. The van der Waals surface area contributed by atoms with Crippen LogP contribution in [0.25, 0.3) is 0 Å². The number of likely N-dealkylation sites (tertiary alicyclic amines) is 1. The van der Waals surface area contributed by atoms with Crippen molar-refractivity contribution in [3.63, 3.8) is 0 Å². The molecule has 1 N–H and O–H groups in total. The topological polar surface area (TPSA) is 33.7 Å². The van der Waals surface area contributed by atoms with E-state index in [2.05, 4.69) is 29.4 Å². The maximum absolute atomic E-state index is 5.85. The summed E-state index contributed by atoms with van der Waals surface area (Å²) in [4.78, 5) is 2.35. The molecule has 1 fully saturated rings. The van der Waals surface area contributed by atoms with E-state index in [9.17, 15) is 0 Å². The fourth-order valence-electron chi connectivity index (χ4n) is 2.43. The number of benzene rings is 1. The number of hydrogen-bond donors (Lipinski definition) is 1. The summed E-state index contributed by atoms with van der Waals surface area (Å²) in [5.74, 6) is 0.914. The SMILES string of the molecule is CNCc1ccc(OCCOC2CCN(C)CC2)cc1. The molecule has 20 heavy (non-hydrogen) atoms. The van der Waals surface area contributed by atoms with Crippen molar-refractivity contribution in [2.24, 2.45) is 0 Å². The Morgan fingerprint density at radius 2 is 1.85 bits per heavy atom. The molecule has 0 aromatic heterocycles. The lowest BCUT2D eigenvalue weighted by atomic mass is 10.1. The van der Waals surface area contributed by atoms with E-state index in [1.165, 1.54) is 5.56 Å². The molecule has 1 aliphatic heterocycles. The predicted octanol–water partition coefficient (Wildman–Crippen LogP) is 1.90. The lowest BCUT2D eigenvalue weighted by molar-refractivity contribution is -0.000254. The molecule has 0 saturated carbocycles. The number of rotatable bonds is 7. The second kappa shape index (κ2) is 8.25. The first-order chi connectivity index (χ1) is 9.78. The second-order valence-electron chi connectivity index (χ2n) is 5.40. The highest BCUT2D eigenvalue weighted by Gasteiger charge is 2.16. The van der Waals surface area contributed by atoms with E-state index in [0.29, 0.717) is 19.3 Å². The van der Waals surface area contributed by atoms with Gasteiger partial charge in [-0.3, -0.25) is 0 Å². The van der Waals surface area contributed by atoms with E-state index in [-0.39, 0.29) is 0 Å². The molecule has 0 spiro atoms. The third-order valence-electron chi connectivity index (χ3n) is 3.68. The van der Waals surface area contributed by atoms with Crippen molar-refractivity contribution in [3.05, 3.63) is 29.8 Å². The number of nitrogens with one attached hydrogen (secondary N) is 1. The molecule has 4 heteroatoms. The minimum Gasteiger partial charge on any atom is -0.491 e. The maximum Gasteiger partial charge on any atom is 0.119 e. The van der Waals surface area contributed by atoms with Gasteiger partial charge in [-0.2, -0.15) is 0 Å². The largest absolute Gasteiger partial charge is 0.491 e.